The van der Waals surface area contributed by atoms with Gasteiger partial charge in [-0.15, -0.1) is 0 Å². The molecule has 1 saturated heterocycles. The van der Waals surface area contributed by atoms with E-state index in [1.54, 1.807) is 0 Å². The highest BCUT2D eigenvalue weighted by Crippen LogP contribution is 2.02. The van der Waals surface area contributed by atoms with Gasteiger partial charge in [-0.05, 0) is 21.1 Å². The van der Waals surface area contributed by atoms with Gasteiger partial charge in [0.15, 0.2) is 0 Å². The molecule has 0 bridgehead atoms. The fraction of sp³-hybridized carbons (Fsp3) is 0.857. The lowest BCUT2D eigenvalue weighted by Crippen LogP contribution is -2.39. The minimum atomic E-state index is 0.0324. The second kappa shape index (κ2) is 3.19. The van der Waals surface area contributed by atoms with Crippen molar-refractivity contribution in [2.24, 2.45) is 0 Å². The van der Waals surface area contributed by atoms with Crippen LogP contribution in [0.25, 0.3) is 0 Å². The third-order valence-electron chi connectivity index (χ3n) is 1.88. The fourth-order valence-corrected chi connectivity index (χ4v) is 1.20. The highest BCUT2D eigenvalue weighted by atomic mass is 16.2. The summed E-state index contributed by atoms with van der Waals surface area (Å²) in [7, 11) is 5.89. The van der Waals surface area contributed by atoms with Gasteiger partial charge < -0.3 is 10.2 Å². The maximum absolute atomic E-state index is 11.1. The molecule has 0 saturated carbocycles. The van der Waals surface area contributed by atoms with Crippen molar-refractivity contribution in [3.05, 3.63) is 0 Å². The molecule has 1 aliphatic heterocycles. The second-order valence-electron chi connectivity index (χ2n) is 3.23. The molecule has 1 atom stereocenters. The Morgan fingerprint density at radius 1 is 1.73 bits per heavy atom. The molecule has 4 heteroatoms. The van der Waals surface area contributed by atoms with Crippen LogP contribution in [-0.4, -0.2) is 56.1 Å². The van der Waals surface area contributed by atoms with Crippen molar-refractivity contribution in [1.82, 2.24) is 15.1 Å². The van der Waals surface area contributed by atoms with Gasteiger partial charge in [0.1, 0.15) is 6.04 Å². The summed E-state index contributed by atoms with van der Waals surface area (Å²) < 4.78 is 0. The molecule has 0 aromatic carbocycles. The Kier molecular flexibility index (Phi) is 2.46. The van der Waals surface area contributed by atoms with Crippen LogP contribution in [0.1, 0.15) is 0 Å². The van der Waals surface area contributed by atoms with Crippen molar-refractivity contribution < 1.29 is 4.79 Å². The fourth-order valence-electron chi connectivity index (χ4n) is 1.20. The van der Waals surface area contributed by atoms with E-state index in [1.807, 2.05) is 30.9 Å². The van der Waals surface area contributed by atoms with E-state index in [0.717, 1.165) is 6.54 Å². The lowest BCUT2D eigenvalue weighted by Gasteiger charge is -2.19. The first-order chi connectivity index (χ1) is 5.11. The zero-order valence-electron chi connectivity index (χ0n) is 7.29. The van der Waals surface area contributed by atoms with Crippen LogP contribution in [0.3, 0.4) is 0 Å². The molecule has 0 spiro atoms. The molecule has 1 N–H and O–H groups in total. The predicted molar refractivity (Wildman–Crippen MR) is 43.1 cm³/mol. The van der Waals surface area contributed by atoms with Gasteiger partial charge in [-0.2, -0.15) is 0 Å². The van der Waals surface area contributed by atoms with Crippen molar-refractivity contribution >= 4 is 5.91 Å². The first-order valence-electron chi connectivity index (χ1n) is 3.74. The van der Waals surface area contributed by atoms with Crippen LogP contribution in [0, 0.1) is 0 Å². The SMILES string of the molecule is CN(C)CC1C(=O)NCN1C. The van der Waals surface area contributed by atoms with Gasteiger partial charge in [0, 0.05) is 6.54 Å². The minimum Gasteiger partial charge on any atom is -0.342 e. The monoisotopic (exact) mass is 157 g/mol. The highest BCUT2D eigenvalue weighted by molar-refractivity contribution is 5.83. The number of carbonyl (C=O) groups excluding carboxylic acids is 1. The summed E-state index contributed by atoms with van der Waals surface area (Å²) in [6.07, 6.45) is 0. The van der Waals surface area contributed by atoms with E-state index in [1.165, 1.54) is 0 Å². The topological polar surface area (TPSA) is 35.6 Å². The molecule has 11 heavy (non-hydrogen) atoms. The standard InChI is InChI=1S/C7H15N3O/c1-9(2)4-6-7(11)8-5-10(6)3/h6H,4-5H2,1-3H3,(H,8,11). The molecule has 4 nitrogen and oxygen atoms in total. The van der Waals surface area contributed by atoms with E-state index in [-0.39, 0.29) is 11.9 Å². The zero-order valence-corrected chi connectivity index (χ0v) is 7.29. The first kappa shape index (κ1) is 8.49. The summed E-state index contributed by atoms with van der Waals surface area (Å²) in [6, 6.07) is 0.0324. The van der Waals surface area contributed by atoms with Gasteiger partial charge in [-0.1, -0.05) is 0 Å². The smallest absolute Gasteiger partial charge is 0.239 e. The average molecular weight is 157 g/mol. The van der Waals surface area contributed by atoms with E-state index in [4.69, 9.17) is 0 Å². The number of hydrogen-bond donors (Lipinski definition) is 1. The Balaban J connectivity index is 2.48. The molecule has 0 radical (unpaired) electrons. The molecule has 0 aromatic rings. The van der Waals surface area contributed by atoms with Gasteiger partial charge in [-0.3, -0.25) is 9.69 Å². The van der Waals surface area contributed by atoms with Crippen LogP contribution in [0.5, 0.6) is 0 Å². The second-order valence-corrected chi connectivity index (χ2v) is 3.23. The maximum Gasteiger partial charge on any atom is 0.239 e. The van der Waals surface area contributed by atoms with Crippen molar-refractivity contribution in [3.63, 3.8) is 0 Å². The Morgan fingerprint density at radius 3 is 2.73 bits per heavy atom. The van der Waals surface area contributed by atoms with Crippen LogP contribution >= 0.6 is 0 Å². The Labute approximate surface area is 67.2 Å². The highest BCUT2D eigenvalue weighted by Gasteiger charge is 2.29. The number of likely N-dealkylation sites (N-methyl/N-ethyl adjacent to an activating group) is 2. The number of hydrogen-bond acceptors (Lipinski definition) is 3. The minimum absolute atomic E-state index is 0.0324. The molecule has 1 unspecified atom stereocenters. The normalized spacial score (nSPS) is 26.2. The molecule has 0 aromatic heterocycles. The third kappa shape index (κ3) is 1.91. The zero-order chi connectivity index (χ0) is 8.43. The maximum atomic E-state index is 11.1. The van der Waals surface area contributed by atoms with Gasteiger partial charge in [0.25, 0.3) is 0 Å². The number of nitrogens with zero attached hydrogens (tertiary/aromatic N) is 2. The number of nitrogens with one attached hydrogen (secondary N) is 1. The Morgan fingerprint density at radius 2 is 2.36 bits per heavy atom. The Hall–Kier alpha value is -0.610. The summed E-state index contributed by atoms with van der Waals surface area (Å²) in [5.74, 6) is 0.140. The van der Waals surface area contributed by atoms with Crippen molar-refractivity contribution in [2.75, 3.05) is 34.4 Å². The first-order valence-corrected chi connectivity index (χ1v) is 3.74. The summed E-state index contributed by atoms with van der Waals surface area (Å²) in [6.45, 7) is 1.47. The van der Waals surface area contributed by atoms with Gasteiger partial charge in [-0.25, -0.2) is 0 Å². The van der Waals surface area contributed by atoms with Gasteiger partial charge >= 0.3 is 0 Å². The van der Waals surface area contributed by atoms with Crippen LogP contribution in [0.4, 0.5) is 0 Å². The summed E-state index contributed by atoms with van der Waals surface area (Å²) in [5.41, 5.74) is 0. The van der Waals surface area contributed by atoms with Crippen LogP contribution in [0.15, 0.2) is 0 Å². The quantitative estimate of drug-likeness (QED) is 0.555. The molecule has 64 valence electrons. The molecule has 1 amide bonds. The molecular weight excluding hydrogens is 142 g/mol. The molecule has 1 rings (SSSR count). The van der Waals surface area contributed by atoms with Crippen molar-refractivity contribution in [3.8, 4) is 0 Å². The van der Waals surface area contributed by atoms with Crippen LogP contribution < -0.4 is 5.32 Å². The summed E-state index contributed by atoms with van der Waals surface area (Å²) in [5, 5.41) is 2.79. The van der Waals surface area contributed by atoms with Gasteiger partial charge in [0.05, 0.1) is 6.67 Å². The molecule has 0 aliphatic carbocycles. The van der Waals surface area contributed by atoms with Crippen LogP contribution in [-0.2, 0) is 4.79 Å². The van der Waals surface area contributed by atoms with E-state index >= 15 is 0 Å². The molecular formula is C7H15N3O. The van der Waals surface area contributed by atoms with Crippen LogP contribution in [0.2, 0.25) is 0 Å². The average Bonchev–Trinajstić information content (AvgIpc) is 2.18. The molecule has 1 fully saturated rings. The largest absolute Gasteiger partial charge is 0.342 e. The third-order valence-corrected chi connectivity index (χ3v) is 1.88. The lowest BCUT2D eigenvalue weighted by molar-refractivity contribution is -0.121. The number of amides is 1. The van der Waals surface area contributed by atoms with E-state index < -0.39 is 0 Å². The van der Waals surface area contributed by atoms with E-state index in [2.05, 4.69) is 5.32 Å². The Bertz CT molecular complexity index is 158. The molecule has 1 heterocycles. The summed E-state index contributed by atoms with van der Waals surface area (Å²) >= 11 is 0. The van der Waals surface area contributed by atoms with Crippen molar-refractivity contribution in [2.45, 2.75) is 6.04 Å². The number of rotatable bonds is 2. The molecule has 1 aliphatic rings. The lowest BCUT2D eigenvalue weighted by atomic mass is 10.3. The summed E-state index contributed by atoms with van der Waals surface area (Å²) in [4.78, 5) is 15.2. The predicted octanol–water partition coefficient (Wildman–Crippen LogP) is -1.06. The van der Waals surface area contributed by atoms with Gasteiger partial charge in [0.2, 0.25) is 5.91 Å². The number of carbonyl (C=O) groups is 1. The van der Waals surface area contributed by atoms with Crippen molar-refractivity contribution in [1.29, 1.82) is 0 Å². The van der Waals surface area contributed by atoms with E-state index in [0.29, 0.717) is 6.67 Å². The van der Waals surface area contributed by atoms with E-state index in [9.17, 15) is 4.79 Å².